The number of fused-ring (bicyclic) bond motifs is 3. The number of aryl methyl sites for hydroxylation is 1. The number of aliphatic hydroxyl groups is 1. The van der Waals surface area contributed by atoms with Crippen molar-refractivity contribution in [1.82, 2.24) is 0 Å². The Labute approximate surface area is 192 Å². The van der Waals surface area contributed by atoms with Gasteiger partial charge in [-0.15, -0.1) is 0 Å². The molecule has 1 N–H and O–H groups in total. The molecule has 5 heteroatoms. The summed E-state index contributed by atoms with van der Waals surface area (Å²) in [6, 6.07) is 22.2. The van der Waals surface area contributed by atoms with Crippen LogP contribution in [0.4, 0.5) is 5.69 Å². The monoisotopic (exact) mass is 445 g/mol. The average Bonchev–Trinajstić information content (AvgIpc) is 3.03. The lowest BCUT2D eigenvalue weighted by Gasteiger charge is -2.43. The summed E-state index contributed by atoms with van der Waals surface area (Å²) in [6.45, 7) is 3.96. The summed E-state index contributed by atoms with van der Waals surface area (Å²) in [5.74, 6) is -1.46. The third-order valence-corrected chi connectivity index (χ3v) is 7.28. The number of carbonyl (C=O) groups excluding carboxylic acids is 2. The lowest BCUT2D eigenvalue weighted by atomic mass is 9.60. The van der Waals surface area contributed by atoms with Crippen molar-refractivity contribution in [2.24, 2.45) is 5.92 Å². The second kappa shape index (κ2) is 7.58. The van der Waals surface area contributed by atoms with E-state index in [9.17, 15) is 14.7 Å². The molecule has 2 amide bonds. The lowest BCUT2D eigenvalue weighted by molar-refractivity contribution is -0.122. The Morgan fingerprint density at radius 1 is 1.00 bits per heavy atom. The maximum Gasteiger partial charge on any atom is 0.242 e. The van der Waals surface area contributed by atoms with E-state index in [1.54, 1.807) is 24.3 Å². The fourth-order valence-electron chi connectivity index (χ4n) is 5.41. The highest BCUT2D eigenvalue weighted by Gasteiger charge is 2.57. The van der Waals surface area contributed by atoms with E-state index >= 15 is 0 Å². The average molecular weight is 446 g/mol. The SMILES string of the molecule is Cc1ccc2c(c1)[C@@H]1C(=O)N(c3ccccc3)C(=O)[C@@H]1C[C@@]2(C)[C@@H](O)c1ccc(Cl)cc1. The van der Waals surface area contributed by atoms with Crippen LogP contribution >= 0.6 is 11.6 Å². The molecule has 0 aromatic heterocycles. The minimum Gasteiger partial charge on any atom is -0.387 e. The van der Waals surface area contributed by atoms with Gasteiger partial charge in [0, 0.05) is 10.4 Å². The summed E-state index contributed by atoms with van der Waals surface area (Å²) < 4.78 is 0. The van der Waals surface area contributed by atoms with Crippen LogP contribution in [0, 0.1) is 12.8 Å². The highest BCUT2D eigenvalue weighted by molar-refractivity contribution is 6.30. The summed E-state index contributed by atoms with van der Waals surface area (Å²) in [5, 5.41) is 12.1. The smallest absolute Gasteiger partial charge is 0.242 e. The standard InChI is InChI=1S/C27H24ClNO3/c1-16-8-13-22-20(14-16)23-21(25(31)29(26(23)32)19-6-4-3-5-7-19)15-27(22,2)24(30)17-9-11-18(28)12-10-17/h3-14,21,23-24,30H,15H2,1-2H3/t21-,23+,24+,27-/m1/s1. The molecule has 4 atom stereocenters. The molecule has 1 aliphatic carbocycles. The van der Waals surface area contributed by atoms with E-state index < -0.39 is 23.4 Å². The summed E-state index contributed by atoms with van der Waals surface area (Å²) in [5.41, 5.74) is 3.37. The second-order valence-electron chi connectivity index (χ2n) is 9.10. The first-order valence-electron chi connectivity index (χ1n) is 10.8. The molecule has 3 aromatic rings. The molecule has 2 aliphatic rings. The Morgan fingerprint density at radius 3 is 2.38 bits per heavy atom. The largest absolute Gasteiger partial charge is 0.387 e. The number of imide groups is 1. The molecule has 1 heterocycles. The molecule has 162 valence electrons. The van der Waals surface area contributed by atoms with Crippen molar-refractivity contribution in [3.63, 3.8) is 0 Å². The number of amides is 2. The Balaban J connectivity index is 1.64. The maximum atomic E-state index is 13.5. The van der Waals surface area contributed by atoms with Crippen LogP contribution in [-0.2, 0) is 15.0 Å². The molecule has 0 saturated carbocycles. The zero-order valence-electron chi connectivity index (χ0n) is 18.0. The molecular weight excluding hydrogens is 422 g/mol. The van der Waals surface area contributed by atoms with E-state index in [1.807, 2.05) is 62.4 Å². The van der Waals surface area contributed by atoms with Gasteiger partial charge in [0.25, 0.3) is 0 Å². The van der Waals surface area contributed by atoms with Gasteiger partial charge in [-0.1, -0.05) is 72.6 Å². The van der Waals surface area contributed by atoms with E-state index in [1.165, 1.54) is 4.90 Å². The molecule has 5 rings (SSSR count). The number of aliphatic hydroxyl groups excluding tert-OH is 1. The number of anilines is 1. The number of rotatable bonds is 3. The lowest BCUT2D eigenvalue weighted by Crippen LogP contribution is -2.41. The molecule has 0 bridgehead atoms. The van der Waals surface area contributed by atoms with Gasteiger partial charge in [-0.3, -0.25) is 9.59 Å². The predicted molar refractivity (Wildman–Crippen MR) is 125 cm³/mol. The fraction of sp³-hybridized carbons (Fsp3) is 0.259. The molecule has 4 nitrogen and oxygen atoms in total. The van der Waals surface area contributed by atoms with Crippen LogP contribution in [0.2, 0.25) is 5.02 Å². The molecule has 32 heavy (non-hydrogen) atoms. The normalized spacial score (nSPS) is 25.4. The summed E-state index contributed by atoms with van der Waals surface area (Å²) in [6.07, 6.45) is -0.471. The van der Waals surface area contributed by atoms with Crippen molar-refractivity contribution >= 4 is 29.1 Å². The van der Waals surface area contributed by atoms with Crippen LogP contribution < -0.4 is 4.90 Å². The van der Waals surface area contributed by atoms with Gasteiger partial charge in [-0.25, -0.2) is 4.90 Å². The zero-order chi connectivity index (χ0) is 22.6. The van der Waals surface area contributed by atoms with Gasteiger partial charge in [0.1, 0.15) is 0 Å². The summed E-state index contributed by atoms with van der Waals surface area (Å²) in [7, 11) is 0. The highest BCUT2D eigenvalue weighted by Crippen LogP contribution is 2.55. The number of benzene rings is 3. The van der Waals surface area contributed by atoms with E-state index in [2.05, 4.69) is 0 Å². The van der Waals surface area contributed by atoms with Crippen LogP contribution in [0.25, 0.3) is 0 Å². The summed E-state index contributed by atoms with van der Waals surface area (Å²) >= 11 is 6.05. The van der Waals surface area contributed by atoms with Crippen LogP contribution in [0.15, 0.2) is 72.8 Å². The quantitative estimate of drug-likeness (QED) is 0.555. The van der Waals surface area contributed by atoms with E-state index in [4.69, 9.17) is 11.6 Å². The zero-order valence-corrected chi connectivity index (χ0v) is 18.7. The molecule has 1 saturated heterocycles. The number of hydrogen-bond donors (Lipinski definition) is 1. The van der Waals surface area contributed by atoms with Gasteiger partial charge in [0.15, 0.2) is 0 Å². The number of carbonyl (C=O) groups is 2. The van der Waals surface area contributed by atoms with Crippen molar-refractivity contribution in [3.05, 3.63) is 100 Å². The second-order valence-corrected chi connectivity index (χ2v) is 9.53. The Morgan fingerprint density at radius 2 is 1.69 bits per heavy atom. The maximum absolute atomic E-state index is 13.5. The fourth-order valence-corrected chi connectivity index (χ4v) is 5.54. The van der Waals surface area contributed by atoms with E-state index in [0.717, 1.165) is 22.3 Å². The molecule has 3 aromatic carbocycles. The molecule has 1 aliphatic heterocycles. The van der Waals surface area contributed by atoms with Crippen molar-refractivity contribution in [2.75, 3.05) is 4.90 Å². The van der Waals surface area contributed by atoms with E-state index in [0.29, 0.717) is 17.1 Å². The molecule has 0 spiro atoms. The highest BCUT2D eigenvalue weighted by atomic mass is 35.5. The number of halogens is 1. The summed E-state index contributed by atoms with van der Waals surface area (Å²) in [4.78, 5) is 28.4. The van der Waals surface area contributed by atoms with Crippen LogP contribution in [0.3, 0.4) is 0 Å². The van der Waals surface area contributed by atoms with Crippen molar-refractivity contribution < 1.29 is 14.7 Å². The molecule has 0 radical (unpaired) electrons. The van der Waals surface area contributed by atoms with Crippen LogP contribution in [0.5, 0.6) is 0 Å². The number of hydrogen-bond acceptors (Lipinski definition) is 3. The molecular formula is C27H24ClNO3. The first-order chi connectivity index (χ1) is 15.3. The van der Waals surface area contributed by atoms with Gasteiger partial charge < -0.3 is 5.11 Å². The van der Waals surface area contributed by atoms with Crippen LogP contribution in [0.1, 0.15) is 47.6 Å². The van der Waals surface area contributed by atoms with Gasteiger partial charge in [0.05, 0.1) is 23.6 Å². The van der Waals surface area contributed by atoms with Crippen molar-refractivity contribution in [3.8, 4) is 0 Å². The Kier molecular flexibility index (Phi) is 4.95. The van der Waals surface area contributed by atoms with E-state index in [-0.39, 0.29) is 11.8 Å². The van der Waals surface area contributed by atoms with Crippen molar-refractivity contribution in [1.29, 1.82) is 0 Å². The van der Waals surface area contributed by atoms with Gasteiger partial charge in [0.2, 0.25) is 11.8 Å². The third kappa shape index (κ3) is 3.09. The minimum absolute atomic E-state index is 0.193. The molecule has 0 unspecified atom stereocenters. The minimum atomic E-state index is -0.851. The predicted octanol–water partition coefficient (Wildman–Crippen LogP) is 5.32. The van der Waals surface area contributed by atoms with Gasteiger partial charge >= 0.3 is 0 Å². The Hall–Kier alpha value is -2.95. The van der Waals surface area contributed by atoms with Crippen LogP contribution in [-0.4, -0.2) is 16.9 Å². The first kappa shape index (κ1) is 20.9. The van der Waals surface area contributed by atoms with Crippen molar-refractivity contribution in [2.45, 2.75) is 37.7 Å². The number of nitrogens with zero attached hydrogens (tertiary/aromatic N) is 1. The molecule has 1 fully saturated rings. The number of para-hydroxylation sites is 1. The Bertz CT molecular complexity index is 1210. The van der Waals surface area contributed by atoms with Gasteiger partial charge in [-0.2, -0.15) is 0 Å². The topological polar surface area (TPSA) is 57.6 Å². The third-order valence-electron chi connectivity index (χ3n) is 7.03. The van der Waals surface area contributed by atoms with Gasteiger partial charge in [-0.05, 0) is 54.3 Å². The first-order valence-corrected chi connectivity index (χ1v) is 11.2.